The van der Waals surface area contributed by atoms with Crippen molar-refractivity contribution < 1.29 is 9.18 Å². The second kappa shape index (κ2) is 6.66. The minimum Gasteiger partial charge on any atom is -0.335 e. The molecule has 1 amide bonds. The molecule has 2 nitrogen and oxygen atoms in total. The molecule has 0 aliphatic rings. The molecule has 4 heteroatoms. The number of nitrogens with zero attached hydrogens (tertiary/aromatic N) is 1. The molecule has 0 aliphatic heterocycles. The van der Waals surface area contributed by atoms with Gasteiger partial charge in [-0.25, -0.2) is 4.39 Å². The predicted octanol–water partition coefficient (Wildman–Crippen LogP) is 4.25. The average molecular weight is 336 g/mol. The first-order valence-corrected chi connectivity index (χ1v) is 7.19. The van der Waals surface area contributed by atoms with Crippen molar-refractivity contribution in [3.63, 3.8) is 0 Å². The summed E-state index contributed by atoms with van der Waals surface area (Å²) < 4.78 is 13.9. The molecule has 0 unspecified atom stereocenters. The summed E-state index contributed by atoms with van der Waals surface area (Å²) in [6, 6.07) is 14.2. The van der Waals surface area contributed by atoms with Crippen LogP contribution in [0, 0.1) is 5.82 Å². The van der Waals surface area contributed by atoms with Gasteiger partial charge < -0.3 is 4.90 Å². The Morgan fingerprint density at radius 2 is 1.90 bits per heavy atom. The van der Waals surface area contributed by atoms with E-state index in [4.69, 9.17) is 0 Å². The van der Waals surface area contributed by atoms with Gasteiger partial charge in [0.25, 0.3) is 5.91 Å². The van der Waals surface area contributed by atoms with E-state index in [2.05, 4.69) is 15.9 Å². The minimum atomic E-state index is -0.424. The lowest BCUT2D eigenvalue weighted by molar-refractivity contribution is 0.0752. The molecule has 2 aromatic carbocycles. The second-order valence-electron chi connectivity index (χ2n) is 4.43. The molecule has 0 aromatic heterocycles. The quantitative estimate of drug-likeness (QED) is 0.817. The van der Waals surface area contributed by atoms with Gasteiger partial charge in [0.05, 0.1) is 4.47 Å². The van der Waals surface area contributed by atoms with Crippen molar-refractivity contribution in [2.24, 2.45) is 0 Å². The van der Waals surface area contributed by atoms with Crippen LogP contribution in [-0.2, 0) is 6.54 Å². The summed E-state index contributed by atoms with van der Waals surface area (Å²) in [4.78, 5) is 14.1. The largest absolute Gasteiger partial charge is 0.335 e. The standard InChI is InChI=1S/C16H15BrFNO/c1-2-19(11-12-6-4-3-5-7-12)16(20)13-8-9-14(17)15(18)10-13/h3-10H,2,11H2,1H3. The normalized spacial score (nSPS) is 10.3. The Labute approximate surface area is 126 Å². The Bertz CT molecular complexity index is 601. The number of amides is 1. The maximum Gasteiger partial charge on any atom is 0.254 e. The molecule has 0 saturated heterocycles. The highest BCUT2D eigenvalue weighted by Crippen LogP contribution is 2.18. The molecule has 20 heavy (non-hydrogen) atoms. The van der Waals surface area contributed by atoms with Crippen LogP contribution in [0.25, 0.3) is 0 Å². The topological polar surface area (TPSA) is 20.3 Å². The summed E-state index contributed by atoms with van der Waals surface area (Å²) in [6.45, 7) is 3.01. The van der Waals surface area contributed by atoms with E-state index in [0.29, 0.717) is 23.1 Å². The van der Waals surface area contributed by atoms with E-state index >= 15 is 0 Å². The highest BCUT2D eigenvalue weighted by atomic mass is 79.9. The Hall–Kier alpha value is -1.68. The van der Waals surface area contributed by atoms with Gasteiger partial charge in [-0.3, -0.25) is 4.79 Å². The SMILES string of the molecule is CCN(Cc1ccccc1)C(=O)c1ccc(Br)c(F)c1. The van der Waals surface area contributed by atoms with E-state index in [9.17, 15) is 9.18 Å². The second-order valence-corrected chi connectivity index (χ2v) is 5.29. The third-order valence-corrected chi connectivity index (χ3v) is 3.69. The molecule has 2 rings (SSSR count). The molecule has 0 saturated carbocycles. The Kier molecular flexibility index (Phi) is 4.90. The van der Waals surface area contributed by atoms with Crippen LogP contribution < -0.4 is 0 Å². The first kappa shape index (κ1) is 14.7. The molecular weight excluding hydrogens is 321 g/mol. The van der Waals surface area contributed by atoms with Crippen LogP contribution in [0.15, 0.2) is 53.0 Å². The van der Waals surface area contributed by atoms with Gasteiger partial charge >= 0.3 is 0 Å². The minimum absolute atomic E-state index is 0.164. The van der Waals surface area contributed by atoms with Crippen molar-refractivity contribution in [1.29, 1.82) is 0 Å². The lowest BCUT2D eigenvalue weighted by Crippen LogP contribution is -2.30. The zero-order valence-electron chi connectivity index (χ0n) is 11.1. The smallest absolute Gasteiger partial charge is 0.254 e. The molecule has 104 valence electrons. The fourth-order valence-corrected chi connectivity index (χ4v) is 2.19. The van der Waals surface area contributed by atoms with Gasteiger partial charge in [0.2, 0.25) is 0 Å². The van der Waals surface area contributed by atoms with Crippen LogP contribution in [0.4, 0.5) is 4.39 Å². The molecule has 2 aromatic rings. The Balaban J connectivity index is 2.18. The van der Waals surface area contributed by atoms with Gasteiger partial charge in [-0.15, -0.1) is 0 Å². The number of hydrogen-bond donors (Lipinski definition) is 0. The highest BCUT2D eigenvalue weighted by molar-refractivity contribution is 9.10. The molecule has 0 radical (unpaired) electrons. The van der Waals surface area contributed by atoms with Crippen LogP contribution in [0.3, 0.4) is 0 Å². The van der Waals surface area contributed by atoms with Crippen molar-refractivity contribution in [2.75, 3.05) is 6.54 Å². The van der Waals surface area contributed by atoms with Crippen LogP contribution in [-0.4, -0.2) is 17.4 Å². The van der Waals surface area contributed by atoms with Gasteiger partial charge in [-0.05, 0) is 46.6 Å². The van der Waals surface area contributed by atoms with Crippen molar-refractivity contribution in [1.82, 2.24) is 4.90 Å². The first-order valence-electron chi connectivity index (χ1n) is 6.40. The fraction of sp³-hybridized carbons (Fsp3) is 0.188. The molecule has 0 bridgehead atoms. The third kappa shape index (κ3) is 3.45. The molecule has 0 atom stereocenters. The highest BCUT2D eigenvalue weighted by Gasteiger charge is 2.15. The molecule has 0 aliphatic carbocycles. The van der Waals surface area contributed by atoms with E-state index < -0.39 is 5.82 Å². The van der Waals surface area contributed by atoms with Crippen LogP contribution in [0.1, 0.15) is 22.8 Å². The number of halogens is 2. The fourth-order valence-electron chi connectivity index (χ4n) is 1.94. The maximum absolute atomic E-state index is 13.5. The molecule has 0 N–H and O–H groups in total. The van der Waals surface area contributed by atoms with Crippen molar-refractivity contribution in [3.05, 3.63) is 69.9 Å². The number of rotatable bonds is 4. The average Bonchev–Trinajstić information content (AvgIpc) is 2.48. The van der Waals surface area contributed by atoms with E-state index in [1.165, 1.54) is 6.07 Å². The van der Waals surface area contributed by atoms with Crippen molar-refractivity contribution >= 4 is 21.8 Å². The van der Waals surface area contributed by atoms with Gasteiger partial charge in [0.15, 0.2) is 0 Å². The molecule has 0 heterocycles. The summed E-state index contributed by atoms with van der Waals surface area (Å²) in [5.74, 6) is -0.589. The summed E-state index contributed by atoms with van der Waals surface area (Å²) in [7, 11) is 0. The third-order valence-electron chi connectivity index (χ3n) is 3.05. The van der Waals surface area contributed by atoms with E-state index in [-0.39, 0.29) is 5.91 Å². The van der Waals surface area contributed by atoms with E-state index in [1.54, 1.807) is 17.0 Å². The van der Waals surface area contributed by atoms with Gasteiger partial charge in [0.1, 0.15) is 5.82 Å². The molecular formula is C16H15BrFNO. The lowest BCUT2D eigenvalue weighted by Gasteiger charge is -2.21. The van der Waals surface area contributed by atoms with Gasteiger partial charge in [-0.2, -0.15) is 0 Å². The number of hydrogen-bond acceptors (Lipinski definition) is 1. The van der Waals surface area contributed by atoms with E-state index in [1.807, 2.05) is 37.3 Å². The summed E-state index contributed by atoms with van der Waals surface area (Å²) >= 11 is 3.09. The van der Waals surface area contributed by atoms with Crippen molar-refractivity contribution in [3.8, 4) is 0 Å². The van der Waals surface area contributed by atoms with Gasteiger partial charge in [-0.1, -0.05) is 30.3 Å². The summed E-state index contributed by atoms with van der Waals surface area (Å²) in [5.41, 5.74) is 1.42. The van der Waals surface area contributed by atoms with Gasteiger partial charge in [0, 0.05) is 18.7 Å². The zero-order valence-corrected chi connectivity index (χ0v) is 12.7. The van der Waals surface area contributed by atoms with Crippen LogP contribution in [0.5, 0.6) is 0 Å². The van der Waals surface area contributed by atoms with Crippen LogP contribution >= 0.6 is 15.9 Å². The summed E-state index contributed by atoms with van der Waals surface area (Å²) in [6.07, 6.45) is 0. The van der Waals surface area contributed by atoms with Crippen LogP contribution in [0.2, 0.25) is 0 Å². The number of benzene rings is 2. The lowest BCUT2D eigenvalue weighted by atomic mass is 10.1. The first-order chi connectivity index (χ1) is 9.61. The molecule has 0 fully saturated rings. The maximum atomic E-state index is 13.5. The Morgan fingerprint density at radius 3 is 2.50 bits per heavy atom. The zero-order chi connectivity index (χ0) is 14.5. The molecule has 0 spiro atoms. The van der Waals surface area contributed by atoms with Crippen molar-refractivity contribution in [2.45, 2.75) is 13.5 Å². The van der Waals surface area contributed by atoms with E-state index in [0.717, 1.165) is 5.56 Å². The number of carbonyl (C=O) groups excluding carboxylic acids is 1. The number of carbonyl (C=O) groups is 1. The predicted molar refractivity (Wildman–Crippen MR) is 81.0 cm³/mol. The summed E-state index contributed by atoms with van der Waals surface area (Å²) in [5, 5.41) is 0. The Morgan fingerprint density at radius 1 is 1.20 bits per heavy atom. The monoisotopic (exact) mass is 335 g/mol.